The summed E-state index contributed by atoms with van der Waals surface area (Å²) in [6.45, 7) is 0.422. The Bertz CT molecular complexity index is 691. The van der Waals surface area contributed by atoms with Crippen molar-refractivity contribution in [1.82, 2.24) is 0 Å². The van der Waals surface area contributed by atoms with Crippen molar-refractivity contribution in [2.75, 3.05) is 11.9 Å². The standard InChI is InChI=1S/C21H25NO3/c23-21(24)10-5-15-25-18-13-11-16(12-14-18)19-8-3-4-9-20(19)22-17-6-1-2-7-17/h3-4,8-9,11-14,17,22H,1-2,5-7,10,15H2,(H,23,24). The van der Waals surface area contributed by atoms with Gasteiger partial charge >= 0.3 is 5.97 Å². The number of carbonyl (C=O) groups is 1. The van der Waals surface area contributed by atoms with Crippen LogP contribution < -0.4 is 10.1 Å². The van der Waals surface area contributed by atoms with E-state index >= 15 is 0 Å². The maximum absolute atomic E-state index is 10.5. The van der Waals surface area contributed by atoms with Crippen LogP contribution in [0.4, 0.5) is 5.69 Å². The molecule has 1 fully saturated rings. The van der Waals surface area contributed by atoms with Gasteiger partial charge in [-0.15, -0.1) is 0 Å². The van der Waals surface area contributed by atoms with Crippen LogP contribution in [0.5, 0.6) is 5.75 Å². The monoisotopic (exact) mass is 339 g/mol. The van der Waals surface area contributed by atoms with Crippen molar-refractivity contribution in [3.05, 3.63) is 48.5 Å². The van der Waals surface area contributed by atoms with Crippen LogP contribution in [-0.4, -0.2) is 23.7 Å². The second kappa shape index (κ2) is 8.56. The summed E-state index contributed by atoms with van der Waals surface area (Å²) in [7, 11) is 0. The number of hydrogen-bond donors (Lipinski definition) is 2. The first kappa shape index (κ1) is 17.3. The first-order valence-corrected chi connectivity index (χ1v) is 9.03. The van der Waals surface area contributed by atoms with Gasteiger partial charge < -0.3 is 15.2 Å². The highest BCUT2D eigenvalue weighted by Crippen LogP contribution is 2.31. The average Bonchev–Trinajstić information content (AvgIpc) is 3.13. The molecule has 4 nitrogen and oxygen atoms in total. The molecule has 2 aromatic carbocycles. The minimum atomic E-state index is -0.787. The summed E-state index contributed by atoms with van der Waals surface area (Å²) < 4.78 is 5.61. The number of carboxylic acids is 1. The molecule has 2 N–H and O–H groups in total. The van der Waals surface area contributed by atoms with Crippen LogP contribution >= 0.6 is 0 Å². The predicted molar refractivity (Wildman–Crippen MR) is 100 cm³/mol. The van der Waals surface area contributed by atoms with Crippen molar-refractivity contribution in [3.8, 4) is 16.9 Å². The summed E-state index contributed by atoms with van der Waals surface area (Å²) in [5.41, 5.74) is 3.54. The van der Waals surface area contributed by atoms with E-state index < -0.39 is 5.97 Å². The third-order valence-corrected chi connectivity index (χ3v) is 4.61. The summed E-state index contributed by atoms with van der Waals surface area (Å²) in [5, 5.41) is 12.3. The molecule has 0 aliphatic heterocycles. The fourth-order valence-corrected chi connectivity index (χ4v) is 3.29. The van der Waals surface area contributed by atoms with Crippen LogP contribution in [0.15, 0.2) is 48.5 Å². The van der Waals surface area contributed by atoms with Crippen LogP contribution in [0.2, 0.25) is 0 Å². The van der Waals surface area contributed by atoms with E-state index in [-0.39, 0.29) is 6.42 Å². The van der Waals surface area contributed by atoms with E-state index in [1.165, 1.54) is 36.9 Å². The number of benzene rings is 2. The number of nitrogens with one attached hydrogen (secondary N) is 1. The molecular weight excluding hydrogens is 314 g/mol. The lowest BCUT2D eigenvalue weighted by Crippen LogP contribution is -2.14. The molecule has 1 aliphatic rings. The summed E-state index contributed by atoms with van der Waals surface area (Å²) in [6.07, 6.45) is 5.78. The number of aliphatic carboxylic acids is 1. The van der Waals surface area contributed by atoms with Gasteiger partial charge in [0.15, 0.2) is 0 Å². The fourth-order valence-electron chi connectivity index (χ4n) is 3.29. The average molecular weight is 339 g/mol. The Labute approximate surface area is 148 Å². The summed E-state index contributed by atoms with van der Waals surface area (Å²) in [6, 6.07) is 17.0. The molecule has 0 saturated heterocycles. The number of para-hydroxylation sites is 1. The summed E-state index contributed by atoms with van der Waals surface area (Å²) in [5.74, 6) is -0.0133. The smallest absolute Gasteiger partial charge is 0.303 e. The Morgan fingerprint density at radius 1 is 1.08 bits per heavy atom. The van der Waals surface area contributed by atoms with Crippen molar-refractivity contribution in [3.63, 3.8) is 0 Å². The number of anilines is 1. The molecule has 25 heavy (non-hydrogen) atoms. The molecular formula is C21H25NO3. The molecule has 0 radical (unpaired) electrons. The minimum absolute atomic E-state index is 0.137. The van der Waals surface area contributed by atoms with Gasteiger partial charge in [0, 0.05) is 23.7 Å². The van der Waals surface area contributed by atoms with E-state index in [0.717, 1.165) is 11.3 Å². The second-order valence-corrected chi connectivity index (χ2v) is 6.54. The second-order valence-electron chi connectivity index (χ2n) is 6.54. The lowest BCUT2D eigenvalue weighted by molar-refractivity contribution is -0.137. The molecule has 3 rings (SSSR count). The normalized spacial score (nSPS) is 14.4. The first-order chi connectivity index (χ1) is 12.2. The van der Waals surface area contributed by atoms with Crippen LogP contribution in [-0.2, 0) is 4.79 Å². The van der Waals surface area contributed by atoms with E-state index in [9.17, 15) is 4.79 Å². The van der Waals surface area contributed by atoms with E-state index in [1.807, 2.05) is 12.1 Å². The van der Waals surface area contributed by atoms with Gasteiger partial charge in [0.05, 0.1) is 6.61 Å². The van der Waals surface area contributed by atoms with Gasteiger partial charge in [-0.1, -0.05) is 43.2 Å². The molecule has 0 unspecified atom stereocenters. The van der Waals surface area contributed by atoms with Gasteiger partial charge in [0.2, 0.25) is 0 Å². The number of rotatable bonds is 8. The molecule has 0 aromatic heterocycles. The minimum Gasteiger partial charge on any atom is -0.494 e. The zero-order chi connectivity index (χ0) is 17.5. The number of ether oxygens (including phenoxy) is 1. The number of carboxylic acid groups (broad SMARTS) is 1. The third kappa shape index (κ3) is 4.99. The number of hydrogen-bond acceptors (Lipinski definition) is 3. The topological polar surface area (TPSA) is 58.6 Å². The highest BCUT2D eigenvalue weighted by atomic mass is 16.5. The van der Waals surface area contributed by atoms with Crippen molar-refractivity contribution in [2.24, 2.45) is 0 Å². The highest BCUT2D eigenvalue weighted by Gasteiger charge is 2.16. The molecule has 132 valence electrons. The molecule has 1 aliphatic carbocycles. The molecule has 0 atom stereocenters. The zero-order valence-electron chi connectivity index (χ0n) is 14.4. The zero-order valence-corrected chi connectivity index (χ0v) is 14.4. The predicted octanol–water partition coefficient (Wildman–Crippen LogP) is 4.95. The summed E-state index contributed by atoms with van der Waals surface area (Å²) in [4.78, 5) is 10.5. The highest BCUT2D eigenvalue weighted by molar-refractivity contribution is 5.78. The molecule has 1 saturated carbocycles. The maximum atomic E-state index is 10.5. The third-order valence-electron chi connectivity index (χ3n) is 4.61. The van der Waals surface area contributed by atoms with Crippen LogP contribution in [0, 0.1) is 0 Å². The Morgan fingerprint density at radius 2 is 1.80 bits per heavy atom. The molecule has 0 heterocycles. The Morgan fingerprint density at radius 3 is 2.52 bits per heavy atom. The van der Waals surface area contributed by atoms with Gasteiger partial charge in [0.1, 0.15) is 5.75 Å². The van der Waals surface area contributed by atoms with Crippen molar-refractivity contribution < 1.29 is 14.6 Å². The van der Waals surface area contributed by atoms with E-state index in [4.69, 9.17) is 9.84 Å². The maximum Gasteiger partial charge on any atom is 0.303 e. The molecule has 0 bridgehead atoms. The van der Waals surface area contributed by atoms with E-state index in [1.54, 1.807) is 0 Å². The van der Waals surface area contributed by atoms with Gasteiger partial charge in [-0.25, -0.2) is 0 Å². The largest absolute Gasteiger partial charge is 0.494 e. The summed E-state index contributed by atoms with van der Waals surface area (Å²) >= 11 is 0. The Balaban J connectivity index is 1.64. The fraction of sp³-hybridized carbons (Fsp3) is 0.381. The lowest BCUT2D eigenvalue weighted by atomic mass is 10.0. The lowest BCUT2D eigenvalue weighted by Gasteiger charge is -2.17. The van der Waals surface area contributed by atoms with Crippen molar-refractivity contribution in [1.29, 1.82) is 0 Å². The quantitative estimate of drug-likeness (QED) is 0.668. The molecule has 4 heteroatoms. The van der Waals surface area contributed by atoms with Crippen LogP contribution in [0.25, 0.3) is 11.1 Å². The first-order valence-electron chi connectivity index (χ1n) is 9.03. The Kier molecular flexibility index (Phi) is 5.94. The van der Waals surface area contributed by atoms with Crippen LogP contribution in [0.1, 0.15) is 38.5 Å². The van der Waals surface area contributed by atoms with Gasteiger partial charge in [0.25, 0.3) is 0 Å². The molecule has 0 spiro atoms. The van der Waals surface area contributed by atoms with Crippen molar-refractivity contribution in [2.45, 2.75) is 44.6 Å². The Hall–Kier alpha value is -2.49. The van der Waals surface area contributed by atoms with Crippen LogP contribution in [0.3, 0.4) is 0 Å². The van der Waals surface area contributed by atoms with E-state index in [0.29, 0.717) is 19.1 Å². The van der Waals surface area contributed by atoms with Gasteiger partial charge in [-0.2, -0.15) is 0 Å². The molecule has 2 aromatic rings. The SMILES string of the molecule is O=C(O)CCCOc1ccc(-c2ccccc2NC2CCCC2)cc1. The van der Waals surface area contributed by atoms with Gasteiger partial charge in [-0.3, -0.25) is 4.79 Å². The van der Waals surface area contributed by atoms with Crippen molar-refractivity contribution >= 4 is 11.7 Å². The molecule has 0 amide bonds. The van der Waals surface area contributed by atoms with E-state index in [2.05, 4.69) is 41.7 Å². The van der Waals surface area contributed by atoms with Gasteiger partial charge in [-0.05, 0) is 43.0 Å².